The van der Waals surface area contributed by atoms with Crippen LogP contribution in [0.1, 0.15) is 62.7 Å². The number of hydrogen-bond donors (Lipinski definition) is 2. The lowest BCUT2D eigenvalue weighted by atomic mass is 9.96. The van der Waals surface area contributed by atoms with E-state index in [1.165, 1.54) is 46.2 Å². The monoisotopic (exact) mass is 694 g/mol. The summed E-state index contributed by atoms with van der Waals surface area (Å²) in [5, 5.41) is 9.53. The largest absolute Gasteiger partial charge is 0.444 e. The smallest absolute Gasteiger partial charge is 0.426 e. The quantitative estimate of drug-likeness (QED) is 0.103. The predicted octanol–water partition coefficient (Wildman–Crippen LogP) is 8.38. The molecule has 3 rings (SSSR count). The average Bonchev–Trinajstić information content (AvgIpc) is 3.49. The zero-order valence-electron chi connectivity index (χ0n) is 27.2. The molecule has 0 radical (unpaired) electrons. The lowest BCUT2D eigenvalue weighted by Crippen LogP contribution is -2.45. The maximum Gasteiger partial charge on any atom is 0.426 e. The summed E-state index contributed by atoms with van der Waals surface area (Å²) in [7, 11) is 1.37. The number of nitrogens with two attached hydrogens (primary N) is 1. The number of aliphatic imine (C=N–C) groups is 1. The fraction of sp³-hybridized carbons (Fsp3) is 0.364. The third kappa shape index (κ3) is 9.55. The number of pyridine rings is 1. The van der Waals surface area contributed by atoms with Gasteiger partial charge in [-0.2, -0.15) is 26.3 Å². The molecule has 0 fully saturated rings. The number of ether oxygens (including phenoxy) is 2. The Morgan fingerprint density at radius 1 is 1.06 bits per heavy atom. The number of halogens is 6. The van der Waals surface area contributed by atoms with E-state index < -0.39 is 82.8 Å². The van der Waals surface area contributed by atoms with Crippen LogP contribution in [0.4, 0.5) is 36.8 Å². The van der Waals surface area contributed by atoms with Crippen molar-refractivity contribution >= 4 is 23.7 Å². The van der Waals surface area contributed by atoms with E-state index in [-0.39, 0.29) is 18.4 Å². The van der Waals surface area contributed by atoms with Crippen LogP contribution in [0.2, 0.25) is 0 Å². The zero-order chi connectivity index (χ0) is 36.6. The maximum absolute atomic E-state index is 15.0. The minimum atomic E-state index is -5.13. The lowest BCUT2D eigenvalue weighted by molar-refractivity contribution is -0.299. The Hall–Kier alpha value is -4.99. The first-order valence-electron chi connectivity index (χ1n) is 14.7. The number of carbonyl (C=O) groups is 1. The van der Waals surface area contributed by atoms with E-state index >= 15 is 0 Å². The molecule has 264 valence electrons. The van der Waals surface area contributed by atoms with Gasteiger partial charge in [-0.05, 0) is 57.2 Å². The first kappa shape index (κ1) is 38.5. The third-order valence-corrected chi connectivity index (χ3v) is 6.67. The van der Waals surface area contributed by atoms with Crippen LogP contribution in [-0.4, -0.2) is 46.3 Å². The summed E-state index contributed by atoms with van der Waals surface area (Å²) in [6, 6.07) is 8.50. The Morgan fingerprint density at radius 2 is 1.73 bits per heavy atom. The predicted molar refractivity (Wildman–Crippen MR) is 171 cm³/mol. The highest BCUT2D eigenvalue weighted by Gasteiger charge is 2.61. The second-order valence-corrected chi connectivity index (χ2v) is 11.6. The minimum Gasteiger partial charge on any atom is -0.444 e. The van der Waals surface area contributed by atoms with Crippen molar-refractivity contribution in [1.29, 1.82) is 0 Å². The molecule has 0 aliphatic heterocycles. The van der Waals surface area contributed by atoms with Gasteiger partial charge in [0.05, 0.1) is 29.2 Å². The number of anilines is 1. The molecular formula is C33H36F6N6O4. The topological polar surface area (TPSA) is 138 Å². The number of rotatable bonds is 13. The number of aromatic nitrogens is 3. The fourth-order valence-corrected chi connectivity index (χ4v) is 4.46. The number of amides is 1. The van der Waals surface area contributed by atoms with E-state index in [0.717, 1.165) is 0 Å². The molecular weight excluding hydrogens is 658 g/mol. The molecule has 0 bridgehead atoms. The van der Waals surface area contributed by atoms with Crippen LogP contribution in [0.3, 0.4) is 0 Å². The molecule has 3 aromatic rings. The molecule has 2 aromatic heterocycles. The van der Waals surface area contributed by atoms with Gasteiger partial charge >= 0.3 is 18.4 Å². The summed E-state index contributed by atoms with van der Waals surface area (Å²) in [4.78, 5) is 20.6. The summed E-state index contributed by atoms with van der Waals surface area (Å²) in [6.45, 7) is 11.1. The molecule has 2 heterocycles. The lowest BCUT2D eigenvalue weighted by Gasteiger charge is -2.32. The maximum atomic E-state index is 15.0. The van der Waals surface area contributed by atoms with E-state index in [1.54, 1.807) is 30.3 Å². The Labute approximate surface area is 278 Å². The molecule has 49 heavy (non-hydrogen) atoms. The highest BCUT2D eigenvalue weighted by atomic mass is 19.4. The van der Waals surface area contributed by atoms with Gasteiger partial charge in [0.15, 0.2) is 5.69 Å². The normalized spacial score (nSPS) is 14.2. The van der Waals surface area contributed by atoms with Gasteiger partial charge in [-0.25, -0.2) is 9.78 Å². The summed E-state index contributed by atoms with van der Waals surface area (Å²) >= 11 is 0. The van der Waals surface area contributed by atoms with Crippen molar-refractivity contribution in [2.45, 2.75) is 70.2 Å². The summed E-state index contributed by atoms with van der Waals surface area (Å²) in [5.74, 6) is -1.85. The standard InChI is InChI=1S/C33H36F6N6O4/c1-7-9-16-31(33(37,38)39,47-19-20-14-11-10-12-15-20)28-45-44-27(48-28)26-23(42-29(46)49-30(3,4)5)17-22(32(34,35)36)25(43-26)24(40)21(13-8-2)18-41-6/h7-8,10-12,14-15,17-18H,1-2,9,13,16,19,40H2,3-6H3,(H,42,46). The molecule has 0 spiro atoms. The third-order valence-electron chi connectivity index (χ3n) is 6.67. The number of allylic oxidation sites excluding steroid dienone is 3. The van der Waals surface area contributed by atoms with Crippen LogP contribution in [0.25, 0.3) is 17.3 Å². The average molecular weight is 695 g/mol. The van der Waals surface area contributed by atoms with E-state index in [1.807, 2.05) is 0 Å². The molecule has 0 aliphatic carbocycles. The van der Waals surface area contributed by atoms with Crippen molar-refractivity contribution in [3.05, 3.63) is 90.0 Å². The Kier molecular flexibility index (Phi) is 12.2. The van der Waals surface area contributed by atoms with Crippen LogP contribution in [0.5, 0.6) is 0 Å². The van der Waals surface area contributed by atoms with Gasteiger partial charge < -0.3 is 19.6 Å². The van der Waals surface area contributed by atoms with Crippen molar-refractivity contribution < 1.29 is 45.0 Å². The molecule has 1 aromatic carbocycles. The molecule has 0 saturated carbocycles. The van der Waals surface area contributed by atoms with Gasteiger partial charge in [-0.1, -0.05) is 42.5 Å². The Balaban J connectivity index is 2.34. The first-order chi connectivity index (χ1) is 22.9. The van der Waals surface area contributed by atoms with Crippen LogP contribution >= 0.6 is 0 Å². The molecule has 16 heteroatoms. The number of hydrogen-bond acceptors (Lipinski definition) is 9. The molecule has 0 aliphatic rings. The van der Waals surface area contributed by atoms with Gasteiger partial charge in [0.25, 0.3) is 11.8 Å². The van der Waals surface area contributed by atoms with Gasteiger partial charge in [-0.15, -0.1) is 23.4 Å². The van der Waals surface area contributed by atoms with Crippen molar-refractivity contribution in [2.24, 2.45) is 10.7 Å². The molecule has 10 nitrogen and oxygen atoms in total. The van der Waals surface area contributed by atoms with E-state index in [9.17, 15) is 31.1 Å². The van der Waals surface area contributed by atoms with Crippen LogP contribution < -0.4 is 11.1 Å². The molecule has 0 saturated heterocycles. The highest BCUT2D eigenvalue weighted by Crippen LogP contribution is 2.47. The van der Waals surface area contributed by atoms with E-state index in [0.29, 0.717) is 11.6 Å². The molecule has 3 N–H and O–H groups in total. The summed E-state index contributed by atoms with van der Waals surface area (Å²) in [5.41, 5.74) is -1.60. The number of benzene rings is 1. The van der Waals surface area contributed by atoms with E-state index in [2.05, 4.69) is 38.6 Å². The second-order valence-electron chi connectivity index (χ2n) is 11.6. The summed E-state index contributed by atoms with van der Waals surface area (Å²) < 4.78 is 105. The van der Waals surface area contributed by atoms with Gasteiger partial charge in [0, 0.05) is 13.3 Å². The Morgan fingerprint density at radius 3 is 2.29 bits per heavy atom. The van der Waals surface area contributed by atoms with Crippen molar-refractivity contribution in [3.63, 3.8) is 0 Å². The SMILES string of the molecule is C=CCCC(OCc1ccccc1)(c1nnc(-c2nc(C(N)=C(C=NC)CC=C)c(C(F)(F)F)cc2NC(=O)OC(C)(C)C)o1)C(F)(F)F. The molecule has 1 amide bonds. The van der Waals surface area contributed by atoms with Crippen molar-refractivity contribution in [3.8, 4) is 11.6 Å². The second kappa shape index (κ2) is 15.5. The van der Waals surface area contributed by atoms with Crippen molar-refractivity contribution in [1.82, 2.24) is 15.2 Å². The Bertz CT molecular complexity index is 1690. The number of carbonyl (C=O) groups excluding carboxylic acids is 1. The molecule has 1 atom stereocenters. The van der Waals surface area contributed by atoms with Crippen LogP contribution in [0, 0.1) is 0 Å². The van der Waals surface area contributed by atoms with Crippen LogP contribution in [0.15, 0.2) is 76.7 Å². The van der Waals surface area contributed by atoms with E-state index in [4.69, 9.17) is 19.6 Å². The highest BCUT2D eigenvalue weighted by molar-refractivity contribution is 5.93. The summed E-state index contributed by atoms with van der Waals surface area (Å²) in [6.07, 6.45) is -8.55. The zero-order valence-corrected chi connectivity index (χ0v) is 27.2. The fourth-order valence-electron chi connectivity index (χ4n) is 4.46. The van der Waals surface area contributed by atoms with Crippen molar-refractivity contribution in [2.75, 3.05) is 12.4 Å². The minimum absolute atomic E-state index is 0.0176. The van der Waals surface area contributed by atoms with Gasteiger partial charge in [0.1, 0.15) is 5.60 Å². The van der Waals surface area contributed by atoms with Gasteiger partial charge in [0.2, 0.25) is 5.60 Å². The number of alkyl halides is 6. The molecule has 1 unspecified atom stereocenters. The van der Waals surface area contributed by atoms with Gasteiger partial charge in [-0.3, -0.25) is 10.3 Å². The first-order valence-corrected chi connectivity index (χ1v) is 14.7. The number of nitrogens with zero attached hydrogens (tertiary/aromatic N) is 4. The number of nitrogens with one attached hydrogen (secondary N) is 1. The van der Waals surface area contributed by atoms with Crippen LogP contribution in [-0.2, 0) is 27.9 Å².